The van der Waals surface area contributed by atoms with E-state index >= 15 is 0 Å². The third kappa shape index (κ3) is 4.98. The van der Waals surface area contributed by atoms with E-state index in [-0.39, 0.29) is 11.1 Å². The molecule has 0 aliphatic heterocycles. The van der Waals surface area contributed by atoms with E-state index in [1.54, 1.807) is 10.8 Å². The van der Waals surface area contributed by atoms with Crippen LogP contribution in [-0.4, -0.2) is 34.7 Å². The van der Waals surface area contributed by atoms with E-state index in [4.69, 9.17) is 0 Å². The van der Waals surface area contributed by atoms with E-state index in [1.807, 2.05) is 47.2 Å². The maximum Gasteiger partial charge on any atom is 0.333 e. The Kier molecular flexibility index (Phi) is 7.12. The van der Waals surface area contributed by atoms with Crippen molar-refractivity contribution in [2.75, 3.05) is 0 Å². The third-order valence-electron chi connectivity index (χ3n) is 6.59. The number of hydrogen-bond acceptors (Lipinski definition) is 5. The Bertz CT molecular complexity index is 1610. The summed E-state index contributed by atoms with van der Waals surface area (Å²) < 4.78 is 4.60. The predicted molar refractivity (Wildman–Crippen MR) is 152 cm³/mol. The summed E-state index contributed by atoms with van der Waals surface area (Å²) in [6.07, 6.45) is 5.49. The van der Waals surface area contributed by atoms with E-state index in [0.717, 1.165) is 50.9 Å². The van der Waals surface area contributed by atoms with Gasteiger partial charge < -0.3 is 0 Å². The first-order valence-corrected chi connectivity index (χ1v) is 13.5. The smallest absolute Gasteiger partial charge is 0.292 e. The van der Waals surface area contributed by atoms with Crippen LogP contribution in [-0.2, 0) is 18.4 Å². The Balaban J connectivity index is 1.52. The summed E-state index contributed by atoms with van der Waals surface area (Å²) in [6.45, 7) is 9.13. The molecule has 194 valence electrons. The highest BCUT2D eigenvalue weighted by atomic mass is 79.9. The van der Waals surface area contributed by atoms with Gasteiger partial charge in [0.05, 0.1) is 12.2 Å². The summed E-state index contributed by atoms with van der Waals surface area (Å²) in [5.74, 6) is 0.517. The first-order chi connectivity index (χ1) is 18.3. The highest BCUT2D eigenvalue weighted by Gasteiger charge is 2.23. The lowest BCUT2D eigenvalue weighted by molar-refractivity contribution is 0.584. The zero-order valence-corrected chi connectivity index (χ0v) is 23.5. The fourth-order valence-corrected chi connectivity index (χ4v) is 5.29. The molecule has 3 heterocycles. The molecule has 0 spiro atoms. The molecule has 2 aromatic carbocycles. The monoisotopic (exact) mass is 571 g/mol. The maximum atomic E-state index is 13.8. The average molecular weight is 573 g/mol. The standard InChI is InChI=1S/C29H30BrN7O/c1-5-8-21-18-37(26-23(29(2,3)4)10-6-11-24(26)30)28(38)36(21)17-19-12-14-20(15-13-19)22-9-7-16-31-25(22)27-32-34-35-33-27/h6-7,9-16,18H,5,8,17H2,1-4H3,(H,32,33,34,35). The van der Waals surface area contributed by atoms with Crippen molar-refractivity contribution in [1.29, 1.82) is 0 Å². The van der Waals surface area contributed by atoms with Gasteiger partial charge in [0, 0.05) is 28.1 Å². The SMILES string of the molecule is CCCc1cn(-c2c(Br)cccc2C(C)(C)C)c(=O)n1Cc1ccc(-c2cccnc2-c2nnn[nH]2)cc1. The molecule has 8 nitrogen and oxygen atoms in total. The van der Waals surface area contributed by atoms with Crippen LogP contribution in [0, 0.1) is 0 Å². The molecule has 38 heavy (non-hydrogen) atoms. The first-order valence-electron chi connectivity index (χ1n) is 12.7. The summed E-state index contributed by atoms with van der Waals surface area (Å²) in [6, 6.07) is 18.2. The van der Waals surface area contributed by atoms with Crippen LogP contribution >= 0.6 is 15.9 Å². The van der Waals surface area contributed by atoms with E-state index in [0.29, 0.717) is 18.1 Å². The maximum absolute atomic E-state index is 13.8. The number of nitrogens with one attached hydrogen (secondary N) is 1. The van der Waals surface area contributed by atoms with E-state index < -0.39 is 0 Å². The van der Waals surface area contributed by atoms with Gasteiger partial charge in [0.15, 0.2) is 5.82 Å². The zero-order chi connectivity index (χ0) is 26.9. The molecule has 0 atom stereocenters. The van der Waals surface area contributed by atoms with Crippen molar-refractivity contribution in [1.82, 2.24) is 34.7 Å². The molecule has 0 saturated heterocycles. The minimum Gasteiger partial charge on any atom is -0.292 e. The Morgan fingerprint density at radius 2 is 1.82 bits per heavy atom. The zero-order valence-electron chi connectivity index (χ0n) is 21.9. The summed E-state index contributed by atoms with van der Waals surface area (Å²) in [5.41, 5.74) is 6.54. The van der Waals surface area contributed by atoms with E-state index in [2.05, 4.69) is 87.4 Å². The first kappa shape index (κ1) is 25.8. The largest absolute Gasteiger partial charge is 0.333 e. The van der Waals surface area contributed by atoms with Crippen LogP contribution in [0.3, 0.4) is 0 Å². The lowest BCUT2D eigenvalue weighted by Crippen LogP contribution is -2.27. The van der Waals surface area contributed by atoms with Gasteiger partial charge >= 0.3 is 5.69 Å². The number of nitrogens with zero attached hydrogens (tertiary/aromatic N) is 6. The average Bonchev–Trinajstić information content (AvgIpc) is 3.54. The van der Waals surface area contributed by atoms with Crippen molar-refractivity contribution >= 4 is 15.9 Å². The molecule has 0 fully saturated rings. The van der Waals surface area contributed by atoms with Crippen LogP contribution in [0.25, 0.3) is 28.3 Å². The number of halogens is 1. The molecule has 5 rings (SSSR count). The molecular weight excluding hydrogens is 542 g/mol. The van der Waals surface area contributed by atoms with Crippen LogP contribution < -0.4 is 5.69 Å². The number of aromatic nitrogens is 7. The van der Waals surface area contributed by atoms with Crippen molar-refractivity contribution in [2.24, 2.45) is 0 Å². The second kappa shape index (κ2) is 10.5. The van der Waals surface area contributed by atoms with E-state index in [9.17, 15) is 4.79 Å². The van der Waals surface area contributed by atoms with Crippen molar-refractivity contribution in [2.45, 2.75) is 52.5 Å². The normalized spacial score (nSPS) is 11.7. The highest BCUT2D eigenvalue weighted by Crippen LogP contribution is 2.33. The lowest BCUT2D eigenvalue weighted by atomic mass is 9.86. The highest BCUT2D eigenvalue weighted by molar-refractivity contribution is 9.10. The summed E-state index contributed by atoms with van der Waals surface area (Å²) >= 11 is 3.71. The van der Waals surface area contributed by atoms with Crippen LogP contribution in [0.2, 0.25) is 0 Å². The van der Waals surface area contributed by atoms with Crippen molar-refractivity contribution in [3.63, 3.8) is 0 Å². The summed E-state index contributed by atoms with van der Waals surface area (Å²) in [7, 11) is 0. The Hall–Kier alpha value is -3.85. The molecule has 0 bridgehead atoms. The number of rotatable bonds is 7. The molecule has 3 aromatic heterocycles. The second-order valence-corrected chi connectivity index (χ2v) is 11.2. The Labute approximate surface area is 229 Å². The van der Waals surface area contributed by atoms with Crippen LogP contribution in [0.15, 0.2) is 76.3 Å². The topological polar surface area (TPSA) is 94.3 Å². The number of imidazole rings is 1. The van der Waals surface area contributed by atoms with Crippen molar-refractivity contribution in [3.8, 4) is 28.3 Å². The number of tetrazole rings is 1. The number of aryl methyl sites for hydroxylation is 1. The lowest BCUT2D eigenvalue weighted by Gasteiger charge is -2.23. The fraction of sp³-hybridized carbons (Fsp3) is 0.276. The second-order valence-electron chi connectivity index (χ2n) is 10.3. The van der Waals surface area contributed by atoms with E-state index in [1.165, 1.54) is 0 Å². The van der Waals surface area contributed by atoms with Crippen molar-refractivity contribution < 1.29 is 0 Å². The number of pyridine rings is 1. The number of hydrogen-bond donors (Lipinski definition) is 1. The molecule has 9 heteroatoms. The molecule has 0 aliphatic carbocycles. The van der Waals surface area contributed by atoms with Gasteiger partial charge in [-0.3, -0.25) is 14.1 Å². The molecule has 0 radical (unpaired) electrons. The molecule has 0 saturated carbocycles. The Morgan fingerprint density at radius 3 is 2.50 bits per heavy atom. The molecular formula is C29H30BrN7O. The van der Waals surface area contributed by atoms with Gasteiger partial charge in [0.25, 0.3) is 0 Å². The minimum absolute atomic E-state index is 0.0395. The summed E-state index contributed by atoms with van der Waals surface area (Å²) in [5, 5.41) is 14.2. The van der Waals surface area contributed by atoms with Gasteiger partial charge in [-0.15, -0.1) is 5.10 Å². The van der Waals surface area contributed by atoms with Crippen LogP contribution in [0.5, 0.6) is 0 Å². The number of aromatic amines is 1. The van der Waals surface area contributed by atoms with Gasteiger partial charge in [-0.2, -0.15) is 0 Å². The minimum atomic E-state index is -0.117. The van der Waals surface area contributed by atoms with Crippen molar-refractivity contribution in [3.05, 3.63) is 98.8 Å². The molecule has 0 amide bonds. The molecule has 5 aromatic rings. The van der Waals surface area contributed by atoms with Gasteiger partial charge in [-0.05, 0) is 67.0 Å². The summed E-state index contributed by atoms with van der Waals surface area (Å²) in [4.78, 5) is 18.3. The van der Waals surface area contributed by atoms with Gasteiger partial charge in [0.1, 0.15) is 5.69 Å². The predicted octanol–water partition coefficient (Wildman–Crippen LogP) is 5.94. The van der Waals surface area contributed by atoms with Gasteiger partial charge in [0.2, 0.25) is 0 Å². The third-order valence-corrected chi connectivity index (χ3v) is 7.23. The molecule has 0 aliphatic rings. The van der Waals surface area contributed by atoms with Crippen LogP contribution in [0.1, 0.15) is 50.9 Å². The molecule has 0 unspecified atom stereocenters. The quantitative estimate of drug-likeness (QED) is 0.261. The fourth-order valence-electron chi connectivity index (χ4n) is 4.74. The van der Waals surface area contributed by atoms with Gasteiger partial charge in [-0.1, -0.05) is 76.6 Å². The number of para-hydroxylation sites is 1. The Morgan fingerprint density at radius 1 is 1.03 bits per heavy atom. The molecule has 1 N–H and O–H groups in total. The van der Waals surface area contributed by atoms with Gasteiger partial charge in [-0.25, -0.2) is 9.89 Å². The van der Waals surface area contributed by atoms with Crippen LogP contribution in [0.4, 0.5) is 0 Å². The number of benzene rings is 2. The number of H-pyrrole nitrogens is 1.